The van der Waals surface area contributed by atoms with Crippen LogP contribution in [0.2, 0.25) is 0 Å². The Labute approximate surface area is 206 Å². The molecule has 1 aliphatic rings. The van der Waals surface area contributed by atoms with Crippen LogP contribution in [-0.2, 0) is 36.5 Å². The van der Waals surface area contributed by atoms with E-state index in [1.165, 1.54) is 0 Å². The highest BCUT2D eigenvalue weighted by Crippen LogP contribution is 2.29. The number of aryl methyl sites for hydroxylation is 2. The van der Waals surface area contributed by atoms with E-state index in [9.17, 15) is 18.0 Å². The minimum atomic E-state index is -3.65. The fourth-order valence-electron chi connectivity index (χ4n) is 4.73. The van der Waals surface area contributed by atoms with Gasteiger partial charge < -0.3 is 14.2 Å². The molecular formula is C27H32N2O5S. The van der Waals surface area contributed by atoms with Gasteiger partial charge in [0.1, 0.15) is 6.54 Å². The maximum Gasteiger partial charge on any atom is 0.310 e. The number of ether oxygens (including phenoxy) is 1. The molecule has 1 aromatic heterocycles. The van der Waals surface area contributed by atoms with Crippen LogP contribution in [0, 0.1) is 19.8 Å². The maximum absolute atomic E-state index is 13.5. The molecule has 8 heteroatoms. The Morgan fingerprint density at radius 3 is 2.66 bits per heavy atom. The molecule has 1 fully saturated rings. The van der Waals surface area contributed by atoms with E-state index in [0.29, 0.717) is 37.0 Å². The molecule has 7 nitrogen and oxygen atoms in total. The summed E-state index contributed by atoms with van der Waals surface area (Å²) in [5.74, 6) is -0.826. The van der Waals surface area contributed by atoms with E-state index in [1.807, 2.05) is 44.2 Å². The van der Waals surface area contributed by atoms with Crippen molar-refractivity contribution in [2.24, 2.45) is 5.92 Å². The molecule has 1 atom stereocenters. The van der Waals surface area contributed by atoms with Gasteiger partial charge >= 0.3 is 5.97 Å². The first kappa shape index (κ1) is 25.0. The van der Waals surface area contributed by atoms with Crippen molar-refractivity contribution >= 4 is 32.6 Å². The molecule has 0 radical (unpaired) electrons. The van der Waals surface area contributed by atoms with Crippen molar-refractivity contribution in [3.63, 3.8) is 0 Å². The normalized spacial score (nSPS) is 16.4. The van der Waals surface area contributed by atoms with Crippen LogP contribution >= 0.6 is 0 Å². The molecule has 3 aromatic rings. The topological polar surface area (TPSA) is 85.7 Å². The van der Waals surface area contributed by atoms with Crippen LogP contribution in [0.25, 0.3) is 10.9 Å². The molecule has 0 N–H and O–H groups in total. The van der Waals surface area contributed by atoms with Crippen molar-refractivity contribution in [3.05, 3.63) is 65.4 Å². The van der Waals surface area contributed by atoms with Gasteiger partial charge in [-0.2, -0.15) is 0 Å². The number of benzene rings is 2. The van der Waals surface area contributed by atoms with Crippen molar-refractivity contribution in [2.45, 2.75) is 50.8 Å². The third-order valence-corrected chi connectivity index (χ3v) is 8.32. The lowest BCUT2D eigenvalue weighted by Crippen LogP contribution is -2.44. The first-order valence-electron chi connectivity index (χ1n) is 12.0. The monoisotopic (exact) mass is 496 g/mol. The van der Waals surface area contributed by atoms with Crippen molar-refractivity contribution in [3.8, 4) is 0 Å². The van der Waals surface area contributed by atoms with E-state index in [4.69, 9.17) is 4.74 Å². The zero-order chi connectivity index (χ0) is 25.2. The number of hydrogen-bond donors (Lipinski definition) is 0. The van der Waals surface area contributed by atoms with Crippen molar-refractivity contribution < 1.29 is 22.7 Å². The number of para-hydroxylation sites is 1. The van der Waals surface area contributed by atoms with Crippen LogP contribution in [0.15, 0.2) is 53.6 Å². The SMILES string of the molecule is CCOC(=O)C1CCCN(C(=O)Cn2cc(S(=O)(=O)Cc3cc(C)ccc3C)c3ccccc32)C1. The fraction of sp³-hybridized carbons (Fsp3) is 0.407. The fourth-order valence-corrected chi connectivity index (χ4v) is 6.40. The first-order valence-corrected chi connectivity index (χ1v) is 13.7. The Morgan fingerprint density at radius 1 is 1.11 bits per heavy atom. The molecular weight excluding hydrogens is 464 g/mol. The van der Waals surface area contributed by atoms with Gasteiger partial charge in [-0.3, -0.25) is 9.59 Å². The van der Waals surface area contributed by atoms with Gasteiger partial charge in [0.2, 0.25) is 5.91 Å². The maximum atomic E-state index is 13.5. The van der Waals surface area contributed by atoms with Gasteiger partial charge in [0.05, 0.1) is 23.2 Å². The Bertz CT molecular complexity index is 1360. The van der Waals surface area contributed by atoms with Crippen molar-refractivity contribution in [1.82, 2.24) is 9.47 Å². The molecule has 4 rings (SSSR count). The highest BCUT2D eigenvalue weighted by Gasteiger charge is 2.30. The molecule has 0 spiro atoms. The van der Waals surface area contributed by atoms with Crippen LogP contribution in [0.4, 0.5) is 0 Å². The zero-order valence-corrected chi connectivity index (χ0v) is 21.3. The number of esters is 1. The summed E-state index contributed by atoms with van der Waals surface area (Å²) in [6.07, 6.45) is 3.02. The summed E-state index contributed by atoms with van der Waals surface area (Å²) in [5.41, 5.74) is 3.41. The second-order valence-electron chi connectivity index (χ2n) is 9.26. The number of nitrogens with zero attached hydrogens (tertiary/aromatic N) is 2. The van der Waals surface area contributed by atoms with Crippen molar-refractivity contribution in [1.29, 1.82) is 0 Å². The minimum Gasteiger partial charge on any atom is -0.466 e. The molecule has 2 heterocycles. The first-order chi connectivity index (χ1) is 16.7. The third-order valence-electron chi connectivity index (χ3n) is 6.64. The van der Waals surface area contributed by atoms with Crippen LogP contribution in [0.1, 0.15) is 36.5 Å². The molecule has 35 heavy (non-hydrogen) atoms. The molecule has 2 aromatic carbocycles. The molecule has 1 aliphatic heterocycles. The number of rotatable bonds is 7. The second-order valence-corrected chi connectivity index (χ2v) is 11.2. The Morgan fingerprint density at radius 2 is 1.89 bits per heavy atom. The standard InChI is InChI=1S/C27H32N2O5S/c1-4-34-27(31)21-8-7-13-28(15-21)26(30)17-29-16-25(23-9-5-6-10-24(23)29)35(32,33)18-22-14-19(2)11-12-20(22)3/h5-6,9-12,14,16,21H,4,7-8,13,15,17-18H2,1-3H3. The number of fused-ring (bicyclic) bond motifs is 1. The number of piperidine rings is 1. The summed E-state index contributed by atoms with van der Waals surface area (Å²) >= 11 is 0. The van der Waals surface area contributed by atoms with Gasteiger partial charge in [0, 0.05) is 30.2 Å². The number of likely N-dealkylation sites (tertiary alicyclic amines) is 1. The van der Waals surface area contributed by atoms with E-state index in [2.05, 4.69) is 0 Å². The van der Waals surface area contributed by atoms with Crippen LogP contribution in [0.5, 0.6) is 0 Å². The van der Waals surface area contributed by atoms with E-state index in [0.717, 1.165) is 23.1 Å². The lowest BCUT2D eigenvalue weighted by Gasteiger charge is -2.31. The van der Waals surface area contributed by atoms with Gasteiger partial charge in [0.15, 0.2) is 9.84 Å². The van der Waals surface area contributed by atoms with Gasteiger partial charge in [-0.05, 0) is 50.8 Å². The summed E-state index contributed by atoms with van der Waals surface area (Å²) in [7, 11) is -3.65. The highest BCUT2D eigenvalue weighted by atomic mass is 32.2. The smallest absolute Gasteiger partial charge is 0.310 e. The lowest BCUT2D eigenvalue weighted by atomic mass is 9.98. The van der Waals surface area contributed by atoms with Gasteiger partial charge in [-0.15, -0.1) is 0 Å². The predicted octanol–water partition coefficient (Wildman–Crippen LogP) is 4.03. The lowest BCUT2D eigenvalue weighted by molar-refractivity contribution is -0.151. The number of aromatic nitrogens is 1. The number of carbonyl (C=O) groups excluding carboxylic acids is 2. The van der Waals surface area contributed by atoms with Gasteiger partial charge in [-0.1, -0.05) is 42.0 Å². The summed E-state index contributed by atoms with van der Waals surface area (Å²) in [6.45, 7) is 6.86. The quantitative estimate of drug-likeness (QED) is 0.461. The van der Waals surface area contributed by atoms with E-state index in [1.54, 1.807) is 34.7 Å². The Balaban J connectivity index is 1.60. The van der Waals surface area contributed by atoms with Crippen molar-refractivity contribution in [2.75, 3.05) is 19.7 Å². The average Bonchev–Trinajstić information content (AvgIpc) is 3.21. The number of amides is 1. The molecule has 1 unspecified atom stereocenters. The summed E-state index contributed by atoms with van der Waals surface area (Å²) in [6, 6.07) is 13.1. The molecule has 1 saturated heterocycles. The van der Waals surface area contributed by atoms with Gasteiger partial charge in [-0.25, -0.2) is 8.42 Å². The van der Waals surface area contributed by atoms with E-state index >= 15 is 0 Å². The molecule has 0 aliphatic carbocycles. The average molecular weight is 497 g/mol. The zero-order valence-electron chi connectivity index (χ0n) is 20.5. The number of hydrogen-bond acceptors (Lipinski definition) is 5. The summed E-state index contributed by atoms with van der Waals surface area (Å²) in [5, 5.41) is 0.605. The minimum absolute atomic E-state index is 0.00898. The second kappa shape index (κ2) is 10.2. The van der Waals surface area contributed by atoms with Gasteiger partial charge in [0.25, 0.3) is 0 Å². The van der Waals surface area contributed by atoms with E-state index in [-0.39, 0.29) is 35.0 Å². The summed E-state index contributed by atoms with van der Waals surface area (Å²) in [4.78, 5) is 27.3. The Kier molecular flexibility index (Phi) is 7.31. The molecule has 186 valence electrons. The largest absolute Gasteiger partial charge is 0.466 e. The third kappa shape index (κ3) is 5.42. The Hall–Kier alpha value is -3.13. The molecule has 0 bridgehead atoms. The number of sulfone groups is 1. The molecule has 1 amide bonds. The molecule has 0 saturated carbocycles. The van der Waals surface area contributed by atoms with Crippen LogP contribution in [0.3, 0.4) is 0 Å². The van der Waals surface area contributed by atoms with E-state index < -0.39 is 9.84 Å². The summed E-state index contributed by atoms with van der Waals surface area (Å²) < 4.78 is 33.9. The van der Waals surface area contributed by atoms with Crippen LogP contribution < -0.4 is 0 Å². The van der Waals surface area contributed by atoms with Crippen LogP contribution in [-0.4, -0.2) is 49.5 Å². The predicted molar refractivity (Wildman–Crippen MR) is 135 cm³/mol. The number of carbonyl (C=O) groups is 2. The highest BCUT2D eigenvalue weighted by molar-refractivity contribution is 7.90.